The maximum absolute atomic E-state index is 12.1. The monoisotopic (exact) mass is 399 g/mol. The molecule has 0 unspecified atom stereocenters. The summed E-state index contributed by atoms with van der Waals surface area (Å²) in [5, 5.41) is 6.22. The molecule has 1 atom stereocenters. The number of carbonyl (C=O) groups excluding carboxylic acids is 3. The summed E-state index contributed by atoms with van der Waals surface area (Å²) in [6.07, 6.45) is 7.75. The zero-order valence-electron chi connectivity index (χ0n) is 16.8. The average molecular weight is 399 g/mol. The van der Waals surface area contributed by atoms with Gasteiger partial charge in [-0.15, -0.1) is 0 Å². The predicted octanol–water partition coefficient (Wildman–Crippen LogP) is 3.58. The van der Waals surface area contributed by atoms with Gasteiger partial charge >= 0.3 is 12.0 Å². The number of amides is 3. The standard InChI is InChI=1S/C22H29N3O4/c1-15(21(27)25-22(28)24-17-9-3-2-4-10-17)29-20(26)13-7-8-16-14-23-19-12-6-5-11-18(16)19/h5-6,11-12,14-15,17,23H,2-4,7-10,13H2,1H3,(H2,24,25,27,28)/t15-/m1/s1. The maximum atomic E-state index is 12.1. The lowest BCUT2D eigenvalue weighted by Gasteiger charge is -2.23. The van der Waals surface area contributed by atoms with Gasteiger partial charge in [0.25, 0.3) is 5.91 Å². The first-order valence-corrected chi connectivity index (χ1v) is 10.4. The van der Waals surface area contributed by atoms with Crippen molar-refractivity contribution in [1.82, 2.24) is 15.6 Å². The number of H-pyrrole nitrogens is 1. The second-order valence-corrected chi connectivity index (χ2v) is 7.64. The first-order valence-electron chi connectivity index (χ1n) is 10.4. The lowest BCUT2D eigenvalue weighted by Crippen LogP contribution is -2.48. The molecule has 1 aromatic carbocycles. The molecular formula is C22H29N3O4. The van der Waals surface area contributed by atoms with Gasteiger partial charge in [-0.3, -0.25) is 14.9 Å². The molecule has 0 saturated heterocycles. The van der Waals surface area contributed by atoms with E-state index in [-0.39, 0.29) is 12.5 Å². The van der Waals surface area contributed by atoms with Gasteiger partial charge in [0.2, 0.25) is 0 Å². The quantitative estimate of drug-likeness (QED) is 0.620. The van der Waals surface area contributed by atoms with Crippen LogP contribution in [-0.4, -0.2) is 35.0 Å². The third-order valence-electron chi connectivity index (χ3n) is 5.36. The summed E-state index contributed by atoms with van der Waals surface area (Å²) >= 11 is 0. The van der Waals surface area contributed by atoms with Crippen LogP contribution in [0.15, 0.2) is 30.5 Å². The van der Waals surface area contributed by atoms with Gasteiger partial charge in [-0.1, -0.05) is 37.5 Å². The Bertz CT molecular complexity index is 855. The van der Waals surface area contributed by atoms with E-state index in [0.29, 0.717) is 6.42 Å². The second-order valence-electron chi connectivity index (χ2n) is 7.64. The van der Waals surface area contributed by atoms with Crippen molar-refractivity contribution in [3.8, 4) is 0 Å². The molecule has 0 bridgehead atoms. The summed E-state index contributed by atoms with van der Waals surface area (Å²) in [4.78, 5) is 39.3. The molecule has 1 fully saturated rings. The van der Waals surface area contributed by atoms with Crippen LogP contribution in [0, 0.1) is 0 Å². The highest BCUT2D eigenvalue weighted by atomic mass is 16.5. The van der Waals surface area contributed by atoms with Crippen LogP contribution >= 0.6 is 0 Å². The van der Waals surface area contributed by atoms with Crippen LogP contribution < -0.4 is 10.6 Å². The van der Waals surface area contributed by atoms with Crippen LogP contribution in [-0.2, 0) is 20.7 Å². The molecule has 0 spiro atoms. The Kier molecular flexibility index (Phi) is 7.27. The van der Waals surface area contributed by atoms with Crippen LogP contribution in [0.1, 0.15) is 57.4 Å². The Morgan fingerprint density at radius 2 is 1.93 bits per heavy atom. The third kappa shape index (κ3) is 6.07. The van der Waals surface area contributed by atoms with Crippen molar-refractivity contribution in [1.29, 1.82) is 0 Å². The Morgan fingerprint density at radius 1 is 1.17 bits per heavy atom. The van der Waals surface area contributed by atoms with Crippen molar-refractivity contribution >= 4 is 28.8 Å². The molecule has 1 heterocycles. The topological polar surface area (TPSA) is 100 Å². The molecule has 3 amide bonds. The van der Waals surface area contributed by atoms with Crippen molar-refractivity contribution in [3.05, 3.63) is 36.0 Å². The summed E-state index contributed by atoms with van der Waals surface area (Å²) in [5.74, 6) is -1.05. The Morgan fingerprint density at radius 3 is 2.72 bits per heavy atom. The number of rotatable bonds is 7. The predicted molar refractivity (Wildman–Crippen MR) is 110 cm³/mol. The number of imide groups is 1. The van der Waals surface area contributed by atoms with Gasteiger partial charge in [0, 0.05) is 29.6 Å². The summed E-state index contributed by atoms with van der Waals surface area (Å²) < 4.78 is 5.17. The number of esters is 1. The van der Waals surface area contributed by atoms with E-state index in [1.807, 2.05) is 30.5 Å². The molecule has 0 radical (unpaired) electrons. The minimum Gasteiger partial charge on any atom is -0.453 e. The van der Waals surface area contributed by atoms with Crippen LogP contribution in [0.4, 0.5) is 4.79 Å². The number of nitrogens with one attached hydrogen (secondary N) is 3. The first kappa shape index (κ1) is 20.9. The highest BCUT2D eigenvalue weighted by Crippen LogP contribution is 2.19. The van der Waals surface area contributed by atoms with Crippen molar-refractivity contribution < 1.29 is 19.1 Å². The fraction of sp³-hybridized carbons (Fsp3) is 0.500. The van der Waals surface area contributed by atoms with Crippen LogP contribution in [0.25, 0.3) is 10.9 Å². The van der Waals surface area contributed by atoms with Gasteiger partial charge in [-0.2, -0.15) is 0 Å². The van der Waals surface area contributed by atoms with Crippen LogP contribution in [0.3, 0.4) is 0 Å². The summed E-state index contributed by atoms with van der Waals surface area (Å²) in [6.45, 7) is 1.47. The number of ether oxygens (including phenoxy) is 1. The number of aromatic amines is 1. The van der Waals surface area contributed by atoms with E-state index < -0.39 is 24.0 Å². The van der Waals surface area contributed by atoms with Crippen molar-refractivity contribution in [2.24, 2.45) is 0 Å². The molecule has 2 aromatic rings. The van der Waals surface area contributed by atoms with E-state index in [0.717, 1.165) is 48.6 Å². The van der Waals surface area contributed by atoms with Crippen molar-refractivity contribution in [3.63, 3.8) is 0 Å². The SMILES string of the molecule is C[C@@H](OC(=O)CCCc1c[nH]c2ccccc12)C(=O)NC(=O)NC1CCCCC1. The number of fused-ring (bicyclic) bond motifs is 1. The number of hydrogen-bond acceptors (Lipinski definition) is 4. The number of carbonyl (C=O) groups is 3. The highest BCUT2D eigenvalue weighted by molar-refractivity contribution is 5.97. The van der Waals surface area contributed by atoms with Gasteiger partial charge in [0.05, 0.1) is 0 Å². The van der Waals surface area contributed by atoms with Crippen LogP contribution in [0.5, 0.6) is 0 Å². The zero-order valence-corrected chi connectivity index (χ0v) is 16.8. The smallest absolute Gasteiger partial charge is 0.321 e. The first-order chi connectivity index (χ1) is 14.0. The number of hydrogen-bond donors (Lipinski definition) is 3. The number of benzene rings is 1. The largest absolute Gasteiger partial charge is 0.453 e. The van der Waals surface area contributed by atoms with E-state index in [1.165, 1.54) is 13.3 Å². The lowest BCUT2D eigenvalue weighted by atomic mass is 9.96. The summed E-state index contributed by atoms with van der Waals surface area (Å²) in [5.41, 5.74) is 2.22. The highest BCUT2D eigenvalue weighted by Gasteiger charge is 2.22. The average Bonchev–Trinajstić information content (AvgIpc) is 3.12. The van der Waals surface area contributed by atoms with Crippen molar-refractivity contribution in [2.45, 2.75) is 70.4 Å². The van der Waals surface area contributed by atoms with E-state index >= 15 is 0 Å². The molecule has 29 heavy (non-hydrogen) atoms. The maximum Gasteiger partial charge on any atom is 0.321 e. The fourth-order valence-corrected chi connectivity index (χ4v) is 3.75. The Hall–Kier alpha value is -2.83. The normalized spacial score (nSPS) is 15.6. The van der Waals surface area contributed by atoms with Crippen molar-refractivity contribution in [2.75, 3.05) is 0 Å². The minimum atomic E-state index is -1.01. The van der Waals surface area contributed by atoms with E-state index in [9.17, 15) is 14.4 Å². The number of aryl methyl sites for hydroxylation is 1. The molecule has 1 aromatic heterocycles. The molecular weight excluding hydrogens is 370 g/mol. The van der Waals surface area contributed by atoms with Gasteiger partial charge in [-0.25, -0.2) is 4.79 Å². The number of para-hydroxylation sites is 1. The molecule has 1 aliphatic carbocycles. The fourth-order valence-electron chi connectivity index (χ4n) is 3.75. The second kappa shape index (κ2) is 10.1. The summed E-state index contributed by atoms with van der Waals surface area (Å²) in [7, 11) is 0. The van der Waals surface area contributed by atoms with E-state index in [4.69, 9.17) is 4.74 Å². The Balaban J connectivity index is 1.36. The molecule has 0 aliphatic heterocycles. The molecule has 7 nitrogen and oxygen atoms in total. The molecule has 1 aliphatic rings. The van der Waals surface area contributed by atoms with E-state index in [1.54, 1.807) is 0 Å². The molecule has 156 valence electrons. The van der Waals surface area contributed by atoms with Gasteiger partial charge in [-0.05, 0) is 44.2 Å². The van der Waals surface area contributed by atoms with Gasteiger partial charge < -0.3 is 15.0 Å². The lowest BCUT2D eigenvalue weighted by molar-refractivity contribution is -0.154. The van der Waals surface area contributed by atoms with Crippen LogP contribution in [0.2, 0.25) is 0 Å². The minimum absolute atomic E-state index is 0.110. The Labute approximate surface area is 170 Å². The molecule has 3 N–H and O–H groups in total. The van der Waals surface area contributed by atoms with E-state index in [2.05, 4.69) is 15.6 Å². The van der Waals surface area contributed by atoms with Gasteiger partial charge in [0.15, 0.2) is 6.10 Å². The molecule has 3 rings (SSSR count). The zero-order chi connectivity index (χ0) is 20.6. The third-order valence-corrected chi connectivity index (χ3v) is 5.36. The van der Waals surface area contributed by atoms with Gasteiger partial charge in [0.1, 0.15) is 0 Å². The molecule has 7 heteroatoms. The summed E-state index contributed by atoms with van der Waals surface area (Å²) in [6, 6.07) is 7.60. The number of aromatic nitrogens is 1. The number of urea groups is 1. The molecule has 1 saturated carbocycles.